The number of carbonyl (C=O) groups is 2. The summed E-state index contributed by atoms with van der Waals surface area (Å²) in [4.78, 5) is 26.4. The standard InChI is InChI=1S/C26H25FN2O5/c1-33-21-12-8-18(9-13-21)26(32)28-20-10-6-17(7-11-20)25(31)23-15-34-16-24(30)29(23)14-19-4-2-3-5-22(19)27/h2-13,23,25,31H,14-16H2,1H3,(H,28,32)/t23-,25-/m1/s1. The number of ether oxygens (including phenoxy) is 2. The summed E-state index contributed by atoms with van der Waals surface area (Å²) in [6.45, 7) is 0.0396. The fraction of sp³-hybridized carbons (Fsp3) is 0.231. The van der Waals surface area contributed by atoms with Gasteiger partial charge in [0.25, 0.3) is 5.91 Å². The molecular formula is C26H25FN2O5. The number of carbonyl (C=O) groups excluding carboxylic acids is 2. The number of halogens is 1. The van der Waals surface area contributed by atoms with E-state index in [0.717, 1.165) is 0 Å². The Labute approximate surface area is 196 Å². The van der Waals surface area contributed by atoms with Gasteiger partial charge in [-0.15, -0.1) is 0 Å². The van der Waals surface area contributed by atoms with Gasteiger partial charge >= 0.3 is 0 Å². The third kappa shape index (κ3) is 5.24. The molecule has 1 aliphatic heterocycles. The molecule has 0 bridgehead atoms. The Balaban J connectivity index is 1.45. The fourth-order valence-electron chi connectivity index (χ4n) is 3.83. The number of morpholine rings is 1. The van der Waals surface area contributed by atoms with Gasteiger partial charge in [0.2, 0.25) is 5.91 Å². The van der Waals surface area contributed by atoms with Crippen molar-refractivity contribution in [3.8, 4) is 5.75 Å². The van der Waals surface area contributed by atoms with Crippen LogP contribution in [0.1, 0.15) is 27.6 Å². The molecule has 4 rings (SSSR count). The van der Waals surface area contributed by atoms with E-state index in [1.807, 2.05) is 0 Å². The maximum absolute atomic E-state index is 14.2. The molecular weight excluding hydrogens is 439 g/mol. The highest BCUT2D eigenvalue weighted by molar-refractivity contribution is 6.04. The lowest BCUT2D eigenvalue weighted by Crippen LogP contribution is -2.51. The Morgan fingerprint density at radius 1 is 1.15 bits per heavy atom. The van der Waals surface area contributed by atoms with Crippen LogP contribution in [0.2, 0.25) is 0 Å². The summed E-state index contributed by atoms with van der Waals surface area (Å²) in [6, 6.07) is 19.0. The molecule has 1 fully saturated rings. The molecule has 8 heteroatoms. The van der Waals surface area contributed by atoms with Crippen molar-refractivity contribution < 1.29 is 28.6 Å². The number of benzene rings is 3. The molecule has 0 aliphatic carbocycles. The van der Waals surface area contributed by atoms with Gasteiger partial charge in [0.15, 0.2) is 0 Å². The molecule has 2 atom stereocenters. The minimum absolute atomic E-state index is 0.0343. The van der Waals surface area contributed by atoms with Crippen molar-refractivity contribution in [2.24, 2.45) is 0 Å². The molecule has 0 spiro atoms. The number of nitrogens with zero attached hydrogens (tertiary/aromatic N) is 1. The van der Waals surface area contributed by atoms with Gasteiger partial charge in [0, 0.05) is 23.4 Å². The number of amides is 2. The van der Waals surface area contributed by atoms with E-state index in [1.54, 1.807) is 73.8 Å². The molecule has 2 amide bonds. The van der Waals surface area contributed by atoms with Gasteiger partial charge in [0.1, 0.15) is 24.3 Å². The summed E-state index contributed by atoms with van der Waals surface area (Å²) in [5.74, 6) is -0.351. The largest absolute Gasteiger partial charge is 0.497 e. The zero-order chi connectivity index (χ0) is 24.1. The van der Waals surface area contributed by atoms with E-state index < -0.39 is 18.0 Å². The van der Waals surface area contributed by atoms with E-state index in [-0.39, 0.29) is 31.6 Å². The van der Waals surface area contributed by atoms with Crippen molar-refractivity contribution in [2.45, 2.75) is 18.7 Å². The minimum atomic E-state index is -1.05. The zero-order valence-electron chi connectivity index (χ0n) is 18.6. The van der Waals surface area contributed by atoms with Gasteiger partial charge < -0.3 is 24.8 Å². The smallest absolute Gasteiger partial charge is 0.255 e. The number of anilines is 1. The van der Waals surface area contributed by atoms with Crippen LogP contribution < -0.4 is 10.1 Å². The highest BCUT2D eigenvalue weighted by atomic mass is 19.1. The third-order valence-electron chi connectivity index (χ3n) is 5.76. The van der Waals surface area contributed by atoms with E-state index in [1.165, 1.54) is 11.0 Å². The molecule has 3 aromatic carbocycles. The Morgan fingerprint density at radius 2 is 1.85 bits per heavy atom. The first kappa shape index (κ1) is 23.4. The lowest BCUT2D eigenvalue weighted by Gasteiger charge is -2.38. The number of rotatable bonds is 7. The Morgan fingerprint density at radius 3 is 2.53 bits per heavy atom. The van der Waals surface area contributed by atoms with Crippen molar-refractivity contribution in [2.75, 3.05) is 25.6 Å². The normalized spacial score (nSPS) is 16.7. The molecule has 1 aliphatic rings. The number of hydrogen-bond acceptors (Lipinski definition) is 5. The van der Waals surface area contributed by atoms with Gasteiger partial charge in [-0.25, -0.2) is 4.39 Å². The molecule has 2 N–H and O–H groups in total. The molecule has 0 saturated carbocycles. The monoisotopic (exact) mass is 464 g/mol. The highest BCUT2D eigenvalue weighted by Gasteiger charge is 2.35. The van der Waals surface area contributed by atoms with Crippen molar-refractivity contribution in [1.29, 1.82) is 0 Å². The van der Waals surface area contributed by atoms with Crippen LogP contribution in [-0.2, 0) is 16.1 Å². The maximum atomic E-state index is 14.2. The molecule has 3 aromatic rings. The van der Waals surface area contributed by atoms with Crippen LogP contribution in [0, 0.1) is 5.82 Å². The minimum Gasteiger partial charge on any atom is -0.497 e. The Hall–Kier alpha value is -3.75. The number of aliphatic hydroxyl groups excluding tert-OH is 1. The SMILES string of the molecule is COc1ccc(C(=O)Nc2ccc([C@@H](O)[C@H]3COCC(=O)N3Cc3ccccc3F)cc2)cc1. The van der Waals surface area contributed by atoms with Crippen LogP contribution >= 0.6 is 0 Å². The molecule has 1 saturated heterocycles. The summed E-state index contributed by atoms with van der Waals surface area (Å²) >= 11 is 0. The fourth-order valence-corrected chi connectivity index (χ4v) is 3.83. The number of nitrogens with one attached hydrogen (secondary N) is 1. The molecule has 7 nitrogen and oxygen atoms in total. The Bertz CT molecular complexity index is 1150. The van der Waals surface area contributed by atoms with Gasteiger partial charge in [0.05, 0.1) is 19.8 Å². The second kappa shape index (κ2) is 10.5. The van der Waals surface area contributed by atoms with Crippen LogP contribution in [0.5, 0.6) is 5.75 Å². The number of methoxy groups -OCH3 is 1. The van der Waals surface area contributed by atoms with Gasteiger partial charge in [-0.1, -0.05) is 30.3 Å². The van der Waals surface area contributed by atoms with Crippen LogP contribution in [0.15, 0.2) is 72.8 Å². The van der Waals surface area contributed by atoms with Crippen molar-refractivity contribution in [3.05, 3.63) is 95.3 Å². The summed E-state index contributed by atoms with van der Waals surface area (Å²) in [5.41, 5.74) is 1.94. The molecule has 0 aromatic heterocycles. The average molecular weight is 464 g/mol. The van der Waals surface area contributed by atoms with Crippen molar-refractivity contribution >= 4 is 17.5 Å². The van der Waals surface area contributed by atoms with Crippen LogP contribution in [0.4, 0.5) is 10.1 Å². The molecule has 0 unspecified atom stereocenters. The van der Waals surface area contributed by atoms with Crippen LogP contribution in [0.25, 0.3) is 0 Å². The van der Waals surface area contributed by atoms with E-state index in [9.17, 15) is 19.1 Å². The van der Waals surface area contributed by atoms with E-state index in [4.69, 9.17) is 9.47 Å². The topological polar surface area (TPSA) is 88.1 Å². The highest BCUT2D eigenvalue weighted by Crippen LogP contribution is 2.27. The predicted molar refractivity (Wildman–Crippen MR) is 124 cm³/mol. The van der Waals surface area contributed by atoms with Gasteiger partial charge in [-0.3, -0.25) is 9.59 Å². The quantitative estimate of drug-likeness (QED) is 0.559. The number of hydrogen-bond donors (Lipinski definition) is 2. The first-order chi connectivity index (χ1) is 16.5. The van der Waals surface area contributed by atoms with Crippen LogP contribution in [-0.4, -0.2) is 48.2 Å². The third-order valence-corrected chi connectivity index (χ3v) is 5.76. The molecule has 0 radical (unpaired) electrons. The number of aliphatic hydroxyl groups is 1. The average Bonchev–Trinajstić information content (AvgIpc) is 2.86. The van der Waals surface area contributed by atoms with Crippen molar-refractivity contribution in [1.82, 2.24) is 4.90 Å². The lowest BCUT2D eigenvalue weighted by molar-refractivity contribution is -0.155. The second-order valence-corrected chi connectivity index (χ2v) is 7.94. The van der Waals surface area contributed by atoms with E-state index >= 15 is 0 Å². The molecule has 34 heavy (non-hydrogen) atoms. The maximum Gasteiger partial charge on any atom is 0.255 e. The summed E-state index contributed by atoms with van der Waals surface area (Å²) in [7, 11) is 1.56. The second-order valence-electron chi connectivity index (χ2n) is 7.94. The lowest BCUT2D eigenvalue weighted by atomic mass is 9.99. The van der Waals surface area contributed by atoms with Gasteiger partial charge in [-0.2, -0.15) is 0 Å². The van der Waals surface area contributed by atoms with E-state index in [0.29, 0.717) is 28.1 Å². The Kier molecular flexibility index (Phi) is 7.20. The summed E-state index contributed by atoms with van der Waals surface area (Å²) < 4.78 is 24.6. The summed E-state index contributed by atoms with van der Waals surface area (Å²) in [5, 5.41) is 13.8. The molecule has 176 valence electrons. The van der Waals surface area contributed by atoms with Gasteiger partial charge in [-0.05, 0) is 48.0 Å². The van der Waals surface area contributed by atoms with Crippen molar-refractivity contribution in [3.63, 3.8) is 0 Å². The van der Waals surface area contributed by atoms with Crippen LogP contribution in [0.3, 0.4) is 0 Å². The summed E-state index contributed by atoms with van der Waals surface area (Å²) in [6.07, 6.45) is -1.05. The predicted octanol–water partition coefficient (Wildman–Crippen LogP) is 3.55. The van der Waals surface area contributed by atoms with E-state index in [2.05, 4.69) is 5.32 Å². The zero-order valence-corrected chi connectivity index (χ0v) is 18.6. The molecule has 1 heterocycles. The first-order valence-corrected chi connectivity index (χ1v) is 10.8. The first-order valence-electron chi connectivity index (χ1n) is 10.8.